The summed E-state index contributed by atoms with van der Waals surface area (Å²) in [7, 11) is 2.08. The molecule has 0 N–H and O–H groups in total. The lowest BCUT2D eigenvalue weighted by Crippen LogP contribution is -2.21. The molecule has 20 heavy (non-hydrogen) atoms. The number of thiophene rings is 1. The average Bonchev–Trinajstić information content (AvgIpc) is 3.12. The van der Waals surface area contributed by atoms with Crippen LogP contribution in [0.3, 0.4) is 0 Å². The van der Waals surface area contributed by atoms with Gasteiger partial charge in [-0.1, -0.05) is 6.92 Å². The summed E-state index contributed by atoms with van der Waals surface area (Å²) < 4.78 is 0. The van der Waals surface area contributed by atoms with Crippen LogP contribution < -0.4 is 4.90 Å². The molecule has 104 valence electrons. The number of aromatic nitrogens is 3. The van der Waals surface area contributed by atoms with Crippen molar-refractivity contribution >= 4 is 38.7 Å². The van der Waals surface area contributed by atoms with Gasteiger partial charge in [0.25, 0.3) is 0 Å². The molecule has 3 heterocycles. The number of nitrogens with zero attached hydrogens (tertiary/aromatic N) is 4. The smallest absolute Gasteiger partial charge is 0.140 e. The van der Waals surface area contributed by atoms with Gasteiger partial charge in [-0.05, 0) is 12.5 Å². The maximum absolute atomic E-state index is 4.46. The summed E-state index contributed by atoms with van der Waals surface area (Å²) in [6, 6.07) is 2.22. The van der Waals surface area contributed by atoms with Gasteiger partial charge in [0.05, 0.1) is 10.4 Å². The molecule has 0 bridgehead atoms. The molecule has 0 fully saturated rings. The first-order valence-electron chi connectivity index (χ1n) is 6.61. The zero-order valence-corrected chi connectivity index (χ0v) is 13.2. The standard InChI is InChI=1S/C14H16N4S2/c1-3-10-8-11-13(16-9-17-14(11)20-10)18(2)6-4-12-15-5-7-19-12/h5,7-9H,3-4,6H2,1-2H3. The second-order valence-corrected chi connectivity index (χ2v) is 6.67. The van der Waals surface area contributed by atoms with Gasteiger partial charge in [-0.25, -0.2) is 15.0 Å². The Balaban J connectivity index is 1.83. The number of hydrogen-bond donors (Lipinski definition) is 0. The van der Waals surface area contributed by atoms with E-state index in [0.717, 1.165) is 35.4 Å². The van der Waals surface area contributed by atoms with E-state index in [0.29, 0.717) is 0 Å². The molecular weight excluding hydrogens is 288 g/mol. The van der Waals surface area contributed by atoms with E-state index in [1.807, 2.05) is 11.6 Å². The lowest BCUT2D eigenvalue weighted by Gasteiger charge is -2.17. The number of thiazole rings is 1. The highest BCUT2D eigenvalue weighted by molar-refractivity contribution is 7.18. The number of anilines is 1. The Kier molecular flexibility index (Phi) is 3.93. The molecule has 0 spiro atoms. The summed E-state index contributed by atoms with van der Waals surface area (Å²) in [5, 5.41) is 4.35. The van der Waals surface area contributed by atoms with Crippen molar-refractivity contribution in [1.29, 1.82) is 0 Å². The second kappa shape index (κ2) is 5.85. The third-order valence-electron chi connectivity index (χ3n) is 3.21. The van der Waals surface area contributed by atoms with Crippen molar-refractivity contribution in [1.82, 2.24) is 15.0 Å². The molecule has 6 heteroatoms. The van der Waals surface area contributed by atoms with Gasteiger partial charge >= 0.3 is 0 Å². The van der Waals surface area contributed by atoms with Gasteiger partial charge < -0.3 is 4.90 Å². The molecule has 0 saturated heterocycles. The highest BCUT2D eigenvalue weighted by atomic mass is 32.1. The minimum Gasteiger partial charge on any atom is -0.359 e. The van der Waals surface area contributed by atoms with Crippen molar-refractivity contribution in [2.45, 2.75) is 19.8 Å². The van der Waals surface area contributed by atoms with E-state index < -0.39 is 0 Å². The first-order valence-corrected chi connectivity index (χ1v) is 8.30. The molecule has 3 aromatic heterocycles. The lowest BCUT2D eigenvalue weighted by molar-refractivity contribution is 0.856. The van der Waals surface area contributed by atoms with Crippen LogP contribution in [0.1, 0.15) is 16.8 Å². The van der Waals surface area contributed by atoms with Gasteiger partial charge in [0.15, 0.2) is 0 Å². The summed E-state index contributed by atoms with van der Waals surface area (Å²) in [4.78, 5) is 17.8. The van der Waals surface area contributed by atoms with E-state index in [9.17, 15) is 0 Å². The van der Waals surface area contributed by atoms with Gasteiger partial charge in [0.1, 0.15) is 17.0 Å². The minimum atomic E-state index is 0.914. The summed E-state index contributed by atoms with van der Waals surface area (Å²) in [5.41, 5.74) is 0. The maximum Gasteiger partial charge on any atom is 0.140 e. The van der Waals surface area contributed by atoms with Gasteiger partial charge in [-0.3, -0.25) is 0 Å². The van der Waals surface area contributed by atoms with Crippen LogP contribution in [0.4, 0.5) is 5.82 Å². The SMILES string of the molecule is CCc1cc2c(N(C)CCc3nccs3)ncnc2s1. The minimum absolute atomic E-state index is 0.914. The van der Waals surface area contributed by atoms with E-state index in [1.54, 1.807) is 29.0 Å². The van der Waals surface area contributed by atoms with Gasteiger partial charge in [0.2, 0.25) is 0 Å². The van der Waals surface area contributed by atoms with Crippen LogP contribution in [-0.4, -0.2) is 28.5 Å². The fourth-order valence-corrected chi connectivity index (χ4v) is 3.66. The van der Waals surface area contributed by atoms with Crippen LogP contribution >= 0.6 is 22.7 Å². The zero-order chi connectivity index (χ0) is 13.9. The Morgan fingerprint density at radius 2 is 2.15 bits per heavy atom. The third kappa shape index (κ3) is 2.66. The van der Waals surface area contributed by atoms with Crippen molar-refractivity contribution in [2.75, 3.05) is 18.5 Å². The van der Waals surface area contributed by atoms with Crippen LogP contribution in [-0.2, 0) is 12.8 Å². The van der Waals surface area contributed by atoms with Crippen LogP contribution in [0.15, 0.2) is 24.0 Å². The number of rotatable bonds is 5. The number of hydrogen-bond acceptors (Lipinski definition) is 6. The topological polar surface area (TPSA) is 41.9 Å². The van der Waals surface area contributed by atoms with Crippen LogP contribution in [0.5, 0.6) is 0 Å². The quantitative estimate of drug-likeness (QED) is 0.724. The normalized spacial score (nSPS) is 11.1. The highest BCUT2D eigenvalue weighted by Gasteiger charge is 2.12. The molecule has 0 amide bonds. The van der Waals surface area contributed by atoms with Crippen molar-refractivity contribution in [2.24, 2.45) is 0 Å². The summed E-state index contributed by atoms with van der Waals surface area (Å²) in [6.45, 7) is 3.08. The molecule has 0 aliphatic heterocycles. The van der Waals surface area contributed by atoms with Crippen LogP contribution in [0, 0.1) is 0 Å². The molecule has 0 aromatic carbocycles. The van der Waals surface area contributed by atoms with E-state index in [-0.39, 0.29) is 0 Å². The predicted octanol–water partition coefficient (Wildman–Crippen LogP) is 3.39. The second-order valence-electron chi connectivity index (χ2n) is 4.58. The van der Waals surface area contributed by atoms with Gasteiger partial charge in [0, 0.05) is 36.5 Å². The summed E-state index contributed by atoms with van der Waals surface area (Å²) in [6.07, 6.45) is 5.51. The summed E-state index contributed by atoms with van der Waals surface area (Å²) in [5.74, 6) is 1.02. The number of fused-ring (bicyclic) bond motifs is 1. The van der Waals surface area contributed by atoms with Gasteiger partial charge in [-0.15, -0.1) is 22.7 Å². The molecular formula is C14H16N4S2. The monoisotopic (exact) mass is 304 g/mol. The predicted molar refractivity (Wildman–Crippen MR) is 85.9 cm³/mol. The Labute approximate surface area is 126 Å². The van der Waals surface area contributed by atoms with E-state index in [2.05, 4.69) is 39.9 Å². The molecule has 3 rings (SSSR count). The third-order valence-corrected chi connectivity index (χ3v) is 5.24. The zero-order valence-electron chi connectivity index (χ0n) is 11.5. The van der Waals surface area contributed by atoms with Gasteiger partial charge in [-0.2, -0.15) is 0 Å². The molecule has 0 aliphatic carbocycles. The maximum atomic E-state index is 4.46. The molecule has 3 aromatic rings. The molecule has 4 nitrogen and oxygen atoms in total. The number of likely N-dealkylation sites (N-methyl/N-ethyl adjacent to an activating group) is 1. The van der Waals surface area contributed by atoms with E-state index in [4.69, 9.17) is 0 Å². The Hall–Kier alpha value is -1.53. The molecule has 0 radical (unpaired) electrons. The van der Waals surface area contributed by atoms with Crippen molar-refractivity contribution < 1.29 is 0 Å². The lowest BCUT2D eigenvalue weighted by atomic mass is 10.3. The first-order chi connectivity index (χ1) is 9.78. The fraction of sp³-hybridized carbons (Fsp3) is 0.357. The van der Waals surface area contributed by atoms with Crippen LogP contribution in [0.25, 0.3) is 10.2 Å². The highest BCUT2D eigenvalue weighted by Crippen LogP contribution is 2.30. The Morgan fingerprint density at radius 3 is 2.90 bits per heavy atom. The fourth-order valence-electron chi connectivity index (χ4n) is 2.12. The summed E-state index contributed by atoms with van der Waals surface area (Å²) >= 11 is 3.46. The Bertz CT molecular complexity index is 690. The van der Waals surface area contributed by atoms with E-state index in [1.165, 1.54) is 9.88 Å². The Morgan fingerprint density at radius 1 is 1.25 bits per heavy atom. The number of aryl methyl sites for hydroxylation is 1. The largest absolute Gasteiger partial charge is 0.359 e. The van der Waals surface area contributed by atoms with Crippen molar-refractivity contribution in [3.63, 3.8) is 0 Å². The van der Waals surface area contributed by atoms with E-state index >= 15 is 0 Å². The average molecular weight is 304 g/mol. The van der Waals surface area contributed by atoms with Crippen LogP contribution in [0.2, 0.25) is 0 Å². The van der Waals surface area contributed by atoms with Crippen molar-refractivity contribution in [3.8, 4) is 0 Å². The molecule has 0 aliphatic rings. The van der Waals surface area contributed by atoms with Crippen molar-refractivity contribution in [3.05, 3.63) is 33.9 Å². The first kappa shape index (κ1) is 13.5. The molecule has 0 unspecified atom stereocenters. The molecule has 0 atom stereocenters. The molecule has 0 saturated carbocycles.